The Bertz CT molecular complexity index is 1470. The van der Waals surface area contributed by atoms with E-state index in [4.69, 9.17) is 40.4 Å². The molecule has 6 heterocycles. The molecule has 15 nitrogen and oxygen atoms in total. The van der Waals surface area contributed by atoms with E-state index in [1.807, 2.05) is 52.0 Å². The van der Waals surface area contributed by atoms with Crippen molar-refractivity contribution in [1.29, 1.82) is 0 Å². The summed E-state index contributed by atoms with van der Waals surface area (Å²) >= 11 is 4.81. The lowest BCUT2D eigenvalue weighted by Gasteiger charge is -2.33. The second-order valence-electron chi connectivity index (χ2n) is 15.3. The minimum atomic E-state index is -1.17. The van der Waals surface area contributed by atoms with Crippen LogP contribution >= 0.6 is 11.6 Å². The number of aliphatic carboxylic acids is 1. The molecule has 54 heavy (non-hydrogen) atoms. The molecule has 3 fully saturated rings. The van der Waals surface area contributed by atoms with Gasteiger partial charge < -0.3 is 43.4 Å². The maximum atomic E-state index is 11.6. The fourth-order valence-corrected chi connectivity index (χ4v) is 7.29. The van der Waals surface area contributed by atoms with Gasteiger partial charge in [0.2, 0.25) is 5.24 Å². The Morgan fingerprint density at radius 1 is 0.593 bits per heavy atom. The predicted octanol–water partition coefficient (Wildman–Crippen LogP) is 3.76. The lowest BCUT2D eigenvalue weighted by Crippen LogP contribution is -2.41. The van der Waals surface area contributed by atoms with E-state index in [0.29, 0.717) is 0 Å². The number of rotatable bonds is 11. The average molecular weight is 785 g/mol. The van der Waals surface area contributed by atoms with E-state index in [1.54, 1.807) is 13.8 Å². The van der Waals surface area contributed by atoms with Gasteiger partial charge in [-0.15, -0.1) is 0 Å². The maximum Gasteiger partial charge on any atom is 0.317 e. The highest BCUT2D eigenvalue weighted by molar-refractivity contribution is 6.64. The quantitative estimate of drug-likeness (QED) is 0.101. The summed E-state index contributed by atoms with van der Waals surface area (Å²) in [6.45, 7) is 11.0. The minimum absolute atomic E-state index is 0.0101. The van der Waals surface area contributed by atoms with Crippen LogP contribution in [0.25, 0.3) is 0 Å². The molecule has 6 aliphatic rings. The van der Waals surface area contributed by atoms with Crippen molar-refractivity contribution < 1.29 is 72.1 Å². The van der Waals surface area contributed by atoms with Crippen molar-refractivity contribution in [1.82, 2.24) is 0 Å². The smallest absolute Gasteiger partial charge is 0.317 e. The highest BCUT2D eigenvalue weighted by Gasteiger charge is 2.48. The number of fused-ring (bicyclic) bond motifs is 6. The van der Waals surface area contributed by atoms with Crippen LogP contribution in [-0.2, 0) is 61.9 Å². The van der Waals surface area contributed by atoms with Crippen molar-refractivity contribution >= 4 is 46.7 Å². The molecule has 0 spiro atoms. The average Bonchev–Trinajstić information content (AvgIpc) is 3.92. The first kappa shape index (κ1) is 44.8. The van der Waals surface area contributed by atoms with E-state index < -0.39 is 58.3 Å². The highest BCUT2D eigenvalue weighted by Crippen LogP contribution is 2.43. The number of carbonyl (C=O) groups excluding carboxylic acids is 5. The molecule has 9 atom stereocenters. The Hall–Kier alpha value is -3.63. The van der Waals surface area contributed by atoms with Gasteiger partial charge in [0.25, 0.3) is 0 Å². The van der Waals surface area contributed by atoms with Crippen molar-refractivity contribution in [2.24, 2.45) is 17.8 Å². The Morgan fingerprint density at radius 2 is 0.944 bits per heavy atom. The molecule has 16 heteroatoms. The third kappa shape index (κ3) is 13.0. The molecule has 2 N–H and O–H groups in total. The molecule has 0 saturated carbocycles. The fraction of sp³-hybridized carbons (Fsp3) is 0.684. The Morgan fingerprint density at radius 3 is 1.19 bits per heavy atom. The normalized spacial score (nSPS) is 29.2. The molecule has 0 aromatic rings. The number of ether oxygens (including phenoxy) is 7. The number of carboxylic acids is 1. The van der Waals surface area contributed by atoms with Crippen LogP contribution < -0.4 is 0 Å². The standard InChI is InChI=1S/C13H18O5.C12H16O5.C9H14O2.C4H5ClO3/c1-13(2,18-12(15)7-11(14)16-3)9-6-8-4-5-10(9)17-8;1-12(2,17-11(15)6-10(13)14)8-5-7-3-4-9(8)16-7;1-9(2,10)7-5-6-3-4-8(7)11-6;1-8-4(7)2-3(5)6/h4-5,8-10H,6-7H2,1-3H3;3-4,7-9H,5-6H2,1-2H3,(H,13,14);3-4,6-8,10H,5H2,1-2H3;2H2,1H3. The van der Waals surface area contributed by atoms with Gasteiger partial charge in [-0.25, -0.2) is 0 Å². The van der Waals surface area contributed by atoms with Gasteiger partial charge in [0.15, 0.2) is 0 Å². The zero-order chi connectivity index (χ0) is 40.6. The highest BCUT2D eigenvalue weighted by atomic mass is 35.5. The Kier molecular flexibility index (Phi) is 15.6. The van der Waals surface area contributed by atoms with Crippen LogP contribution in [0.15, 0.2) is 36.5 Å². The molecular formula is C38H53ClO15. The number of aliphatic hydroxyl groups is 1. The van der Waals surface area contributed by atoms with Crippen molar-refractivity contribution in [2.75, 3.05) is 14.2 Å². The van der Waals surface area contributed by atoms with Gasteiger partial charge in [0.05, 0.1) is 56.4 Å². The summed E-state index contributed by atoms with van der Waals surface area (Å²) in [7, 11) is 2.44. The summed E-state index contributed by atoms with van der Waals surface area (Å²) < 4.78 is 36.0. The topological polar surface area (TPSA) is 207 Å². The zero-order valence-corrected chi connectivity index (χ0v) is 32.7. The van der Waals surface area contributed by atoms with Crippen LogP contribution in [0.4, 0.5) is 0 Å². The lowest BCUT2D eigenvalue weighted by molar-refractivity contribution is -0.168. The maximum absolute atomic E-state index is 11.6. The van der Waals surface area contributed by atoms with Gasteiger partial charge in [-0.2, -0.15) is 0 Å². The van der Waals surface area contributed by atoms with E-state index in [0.717, 1.165) is 19.3 Å². The van der Waals surface area contributed by atoms with E-state index in [-0.39, 0.29) is 67.2 Å². The number of hydrogen-bond acceptors (Lipinski definition) is 14. The SMILES string of the molecule is CC(C)(O)C1CC2C=CC1O2.CC(C)(OC(=O)CC(=O)O)C1CC2C=CC1O2.COC(=O)CC(=O)Cl.COC(=O)CC(=O)OC(C)(C)C1CC2C=CC1O2. The number of esters is 4. The molecule has 0 aliphatic carbocycles. The molecular weight excluding hydrogens is 732 g/mol. The lowest BCUT2D eigenvalue weighted by atomic mass is 9.81. The van der Waals surface area contributed by atoms with Crippen molar-refractivity contribution in [2.45, 2.75) is 133 Å². The monoisotopic (exact) mass is 784 g/mol. The summed E-state index contributed by atoms with van der Waals surface area (Å²) in [6.07, 6.45) is 14.2. The van der Waals surface area contributed by atoms with Crippen LogP contribution in [-0.4, -0.2) is 113 Å². The van der Waals surface area contributed by atoms with Gasteiger partial charge in [-0.05, 0) is 72.4 Å². The first-order valence-corrected chi connectivity index (χ1v) is 18.1. The van der Waals surface area contributed by atoms with Crippen LogP contribution in [0.5, 0.6) is 0 Å². The molecule has 6 aliphatic heterocycles. The number of methoxy groups -OCH3 is 2. The second-order valence-corrected chi connectivity index (χ2v) is 15.8. The summed E-state index contributed by atoms with van der Waals surface area (Å²) in [6, 6.07) is 0. The first-order valence-electron chi connectivity index (χ1n) is 17.8. The van der Waals surface area contributed by atoms with Crippen molar-refractivity contribution in [3.05, 3.63) is 36.5 Å². The van der Waals surface area contributed by atoms with Crippen LogP contribution in [0, 0.1) is 17.8 Å². The van der Waals surface area contributed by atoms with Gasteiger partial charge in [0, 0.05) is 17.8 Å². The van der Waals surface area contributed by atoms with Gasteiger partial charge in [0.1, 0.15) is 30.5 Å². The minimum Gasteiger partial charge on any atom is -0.481 e. The molecule has 0 amide bonds. The predicted molar refractivity (Wildman–Crippen MR) is 191 cm³/mol. The number of halogens is 1. The van der Waals surface area contributed by atoms with E-state index in [2.05, 4.69) is 21.6 Å². The summed E-state index contributed by atoms with van der Waals surface area (Å²) in [5.41, 5.74) is -1.93. The summed E-state index contributed by atoms with van der Waals surface area (Å²) in [5, 5.41) is 17.5. The Balaban J connectivity index is 0.000000202. The molecule has 0 aromatic carbocycles. The third-order valence-electron chi connectivity index (χ3n) is 9.96. The molecule has 9 unspecified atom stereocenters. The third-order valence-corrected chi connectivity index (χ3v) is 10.1. The number of carbonyl (C=O) groups is 6. The van der Waals surface area contributed by atoms with Crippen LogP contribution in [0.2, 0.25) is 0 Å². The molecule has 0 aromatic heterocycles. The van der Waals surface area contributed by atoms with E-state index in [1.165, 1.54) is 14.2 Å². The van der Waals surface area contributed by atoms with Crippen molar-refractivity contribution in [3.63, 3.8) is 0 Å². The number of carboxylic acid groups (broad SMARTS) is 1. The molecule has 6 rings (SSSR count). The Labute approximate surface area is 320 Å². The zero-order valence-electron chi connectivity index (χ0n) is 32.0. The number of hydrogen-bond donors (Lipinski definition) is 2. The molecule has 302 valence electrons. The molecule has 0 radical (unpaired) electrons. The first-order chi connectivity index (χ1) is 25.0. The van der Waals surface area contributed by atoms with E-state index >= 15 is 0 Å². The van der Waals surface area contributed by atoms with E-state index in [9.17, 15) is 33.9 Å². The second kappa shape index (κ2) is 18.8. The van der Waals surface area contributed by atoms with Gasteiger partial charge in [-0.1, -0.05) is 36.5 Å². The van der Waals surface area contributed by atoms with Gasteiger partial charge >= 0.3 is 29.8 Å². The molecule has 3 saturated heterocycles. The largest absolute Gasteiger partial charge is 0.481 e. The van der Waals surface area contributed by atoms with Crippen molar-refractivity contribution in [3.8, 4) is 0 Å². The van der Waals surface area contributed by atoms with Crippen LogP contribution in [0.1, 0.15) is 80.1 Å². The summed E-state index contributed by atoms with van der Waals surface area (Å²) in [4.78, 5) is 64.4. The van der Waals surface area contributed by atoms with Gasteiger partial charge in [-0.3, -0.25) is 28.8 Å². The fourth-order valence-electron chi connectivity index (χ4n) is 7.18. The molecule has 6 bridgehead atoms. The summed E-state index contributed by atoms with van der Waals surface area (Å²) in [5.74, 6) is -3.10. The van der Waals surface area contributed by atoms with Crippen LogP contribution in [0.3, 0.4) is 0 Å².